The van der Waals surface area contributed by atoms with Gasteiger partial charge in [0.15, 0.2) is 5.41 Å². The second kappa shape index (κ2) is 5.07. The Morgan fingerprint density at radius 1 is 1.33 bits per heavy atom. The van der Waals surface area contributed by atoms with Gasteiger partial charge in [0, 0.05) is 10.2 Å². The van der Waals surface area contributed by atoms with Gasteiger partial charge in [0.1, 0.15) is 0 Å². The molecule has 0 bridgehead atoms. The van der Waals surface area contributed by atoms with Crippen molar-refractivity contribution in [1.82, 2.24) is 0 Å². The highest BCUT2D eigenvalue weighted by Crippen LogP contribution is 2.30. The average molecular weight is 314 g/mol. The van der Waals surface area contributed by atoms with Crippen molar-refractivity contribution in [3.05, 3.63) is 28.7 Å². The first-order valence-electron chi connectivity index (χ1n) is 5.32. The van der Waals surface area contributed by atoms with Crippen LogP contribution in [0.25, 0.3) is 0 Å². The summed E-state index contributed by atoms with van der Waals surface area (Å²) in [5.74, 6) is -0.966. The third kappa shape index (κ3) is 2.26. The molecule has 2 rings (SSSR count). The summed E-state index contributed by atoms with van der Waals surface area (Å²) in [7, 11) is 1.26. The molecule has 6 heteroatoms. The van der Waals surface area contributed by atoms with Crippen molar-refractivity contribution in [2.45, 2.75) is 0 Å². The van der Waals surface area contributed by atoms with Crippen LogP contribution in [0.4, 0.5) is 5.69 Å². The number of rotatable bonds is 3. The first kappa shape index (κ1) is 13.0. The van der Waals surface area contributed by atoms with Crippen LogP contribution in [0.3, 0.4) is 0 Å². The van der Waals surface area contributed by atoms with Gasteiger partial charge in [-0.3, -0.25) is 9.59 Å². The van der Waals surface area contributed by atoms with Crippen LogP contribution in [0.15, 0.2) is 28.7 Å². The summed E-state index contributed by atoms with van der Waals surface area (Å²) >= 11 is 3.30. The molecule has 1 aliphatic rings. The minimum atomic E-state index is -1.21. The SMILES string of the molecule is COC(=O)C1(C(=O)Nc2ccc(Br)cc2)COC1. The van der Waals surface area contributed by atoms with Gasteiger partial charge in [0.05, 0.1) is 20.3 Å². The fraction of sp³-hybridized carbons (Fsp3) is 0.333. The van der Waals surface area contributed by atoms with Crippen LogP contribution in [-0.2, 0) is 19.1 Å². The Balaban J connectivity index is 2.11. The van der Waals surface area contributed by atoms with Crippen molar-refractivity contribution in [1.29, 1.82) is 0 Å². The number of carbonyl (C=O) groups excluding carboxylic acids is 2. The average Bonchev–Trinajstić information content (AvgIpc) is 2.30. The van der Waals surface area contributed by atoms with Crippen LogP contribution in [0.1, 0.15) is 0 Å². The number of benzene rings is 1. The lowest BCUT2D eigenvalue weighted by Gasteiger charge is -2.36. The molecule has 0 atom stereocenters. The summed E-state index contributed by atoms with van der Waals surface area (Å²) in [5.41, 5.74) is -0.583. The number of ether oxygens (including phenoxy) is 2. The van der Waals surface area contributed by atoms with E-state index in [0.29, 0.717) is 5.69 Å². The molecule has 1 aliphatic heterocycles. The second-order valence-corrected chi connectivity index (χ2v) is 4.94. The van der Waals surface area contributed by atoms with Crippen molar-refractivity contribution in [3.8, 4) is 0 Å². The molecule has 1 aromatic rings. The van der Waals surface area contributed by atoms with Gasteiger partial charge in [-0.25, -0.2) is 0 Å². The van der Waals surface area contributed by atoms with Gasteiger partial charge < -0.3 is 14.8 Å². The van der Waals surface area contributed by atoms with Crippen LogP contribution in [0.2, 0.25) is 0 Å². The quantitative estimate of drug-likeness (QED) is 0.679. The highest BCUT2D eigenvalue weighted by molar-refractivity contribution is 9.10. The lowest BCUT2D eigenvalue weighted by atomic mass is 9.85. The third-order valence-corrected chi connectivity index (χ3v) is 3.34. The zero-order valence-electron chi connectivity index (χ0n) is 9.73. The maximum Gasteiger partial charge on any atom is 0.326 e. The summed E-state index contributed by atoms with van der Waals surface area (Å²) in [6.45, 7) is 0.115. The molecule has 1 fully saturated rings. The predicted molar refractivity (Wildman–Crippen MR) is 68.0 cm³/mol. The minimum absolute atomic E-state index is 0.0576. The molecule has 1 N–H and O–H groups in total. The van der Waals surface area contributed by atoms with Gasteiger partial charge >= 0.3 is 5.97 Å². The predicted octanol–water partition coefficient (Wildman–Crippen LogP) is 1.58. The van der Waals surface area contributed by atoms with Crippen LogP contribution in [-0.4, -0.2) is 32.2 Å². The molecule has 1 aromatic carbocycles. The molecule has 0 unspecified atom stereocenters. The summed E-state index contributed by atoms with van der Waals surface area (Å²) in [6, 6.07) is 7.09. The molecular weight excluding hydrogens is 302 g/mol. The standard InChI is InChI=1S/C12H12BrNO4/c1-17-11(16)12(6-18-7-12)10(15)14-9-4-2-8(13)3-5-9/h2-5H,6-7H2,1H3,(H,14,15). The topological polar surface area (TPSA) is 64.6 Å². The van der Waals surface area contributed by atoms with Crippen molar-refractivity contribution in [3.63, 3.8) is 0 Å². The maximum absolute atomic E-state index is 12.1. The van der Waals surface area contributed by atoms with Gasteiger partial charge in [-0.1, -0.05) is 15.9 Å². The van der Waals surface area contributed by atoms with Crippen LogP contribution >= 0.6 is 15.9 Å². The number of methoxy groups -OCH3 is 1. The summed E-state index contributed by atoms with van der Waals surface area (Å²) in [5, 5.41) is 2.69. The Labute approximate surface area is 113 Å². The van der Waals surface area contributed by atoms with E-state index in [0.717, 1.165) is 4.47 Å². The van der Waals surface area contributed by atoms with Crippen molar-refractivity contribution in [2.75, 3.05) is 25.6 Å². The van der Waals surface area contributed by atoms with Crippen LogP contribution < -0.4 is 5.32 Å². The zero-order valence-corrected chi connectivity index (χ0v) is 11.3. The molecule has 0 aliphatic carbocycles. The lowest BCUT2D eigenvalue weighted by Crippen LogP contribution is -2.57. The molecule has 96 valence electrons. The summed E-state index contributed by atoms with van der Waals surface area (Å²) in [6.07, 6.45) is 0. The first-order valence-corrected chi connectivity index (χ1v) is 6.11. The number of halogens is 1. The van der Waals surface area contributed by atoms with Gasteiger partial charge in [-0.15, -0.1) is 0 Å². The van der Waals surface area contributed by atoms with Crippen molar-refractivity contribution < 1.29 is 19.1 Å². The monoisotopic (exact) mass is 313 g/mol. The zero-order chi connectivity index (χ0) is 13.2. The van der Waals surface area contributed by atoms with E-state index in [-0.39, 0.29) is 13.2 Å². The molecule has 1 amide bonds. The fourth-order valence-corrected chi connectivity index (χ4v) is 1.89. The van der Waals surface area contributed by atoms with Crippen LogP contribution in [0, 0.1) is 5.41 Å². The number of amides is 1. The van der Waals surface area contributed by atoms with Gasteiger partial charge in [0.25, 0.3) is 0 Å². The molecule has 0 radical (unpaired) electrons. The Kier molecular flexibility index (Phi) is 3.68. The Morgan fingerprint density at radius 3 is 2.39 bits per heavy atom. The molecular formula is C12H12BrNO4. The van der Waals surface area contributed by atoms with Crippen molar-refractivity contribution in [2.24, 2.45) is 5.41 Å². The highest BCUT2D eigenvalue weighted by Gasteiger charge is 2.54. The Bertz CT molecular complexity index is 467. The van der Waals surface area contributed by atoms with E-state index in [9.17, 15) is 9.59 Å². The molecule has 0 spiro atoms. The highest BCUT2D eigenvalue weighted by atomic mass is 79.9. The lowest BCUT2D eigenvalue weighted by molar-refractivity contribution is -0.185. The molecule has 0 aromatic heterocycles. The van der Waals surface area contributed by atoms with E-state index in [1.54, 1.807) is 24.3 Å². The number of nitrogens with one attached hydrogen (secondary N) is 1. The van der Waals surface area contributed by atoms with Gasteiger partial charge in [-0.2, -0.15) is 0 Å². The third-order valence-electron chi connectivity index (χ3n) is 2.81. The number of hydrogen-bond donors (Lipinski definition) is 1. The fourth-order valence-electron chi connectivity index (χ4n) is 1.63. The summed E-state index contributed by atoms with van der Waals surface area (Å²) < 4.78 is 10.5. The van der Waals surface area contributed by atoms with Gasteiger partial charge in [-0.05, 0) is 24.3 Å². The Hall–Kier alpha value is -1.40. The van der Waals surface area contributed by atoms with Crippen LogP contribution in [0.5, 0.6) is 0 Å². The van der Waals surface area contributed by atoms with E-state index in [2.05, 4.69) is 26.0 Å². The number of anilines is 1. The largest absolute Gasteiger partial charge is 0.468 e. The minimum Gasteiger partial charge on any atom is -0.468 e. The molecule has 1 saturated heterocycles. The molecule has 18 heavy (non-hydrogen) atoms. The smallest absolute Gasteiger partial charge is 0.326 e. The Morgan fingerprint density at radius 2 is 1.94 bits per heavy atom. The van der Waals surface area contributed by atoms with Crippen molar-refractivity contribution >= 4 is 33.5 Å². The molecule has 1 heterocycles. The molecule has 5 nitrogen and oxygen atoms in total. The number of esters is 1. The van der Waals surface area contributed by atoms with E-state index in [1.807, 2.05) is 0 Å². The number of carbonyl (C=O) groups is 2. The normalized spacial score (nSPS) is 16.6. The maximum atomic E-state index is 12.1. The first-order chi connectivity index (χ1) is 8.58. The van der Waals surface area contributed by atoms with E-state index < -0.39 is 17.3 Å². The van der Waals surface area contributed by atoms with E-state index in [1.165, 1.54) is 7.11 Å². The van der Waals surface area contributed by atoms with Gasteiger partial charge in [0.2, 0.25) is 5.91 Å². The van der Waals surface area contributed by atoms with E-state index in [4.69, 9.17) is 4.74 Å². The number of hydrogen-bond acceptors (Lipinski definition) is 4. The second-order valence-electron chi connectivity index (χ2n) is 4.03. The molecule has 0 saturated carbocycles. The summed E-state index contributed by atoms with van der Waals surface area (Å²) in [4.78, 5) is 23.7. The van der Waals surface area contributed by atoms with E-state index >= 15 is 0 Å².